The van der Waals surface area contributed by atoms with E-state index in [1.54, 1.807) is 17.5 Å². The fourth-order valence-electron chi connectivity index (χ4n) is 2.11. The zero-order valence-corrected chi connectivity index (χ0v) is 12.7. The van der Waals surface area contributed by atoms with Crippen LogP contribution in [0.15, 0.2) is 29.9 Å². The molecule has 3 aromatic rings. The van der Waals surface area contributed by atoms with Crippen LogP contribution in [0.5, 0.6) is 0 Å². The fraction of sp³-hybridized carbons (Fsp3) is 0.357. The number of nitrogens with zero attached hydrogens (tertiary/aromatic N) is 4. The van der Waals surface area contributed by atoms with Gasteiger partial charge >= 0.3 is 0 Å². The lowest BCUT2D eigenvalue weighted by molar-refractivity contribution is 0.591. The minimum Gasteiger partial charge on any atom is -0.369 e. The molecule has 110 valence electrons. The van der Waals surface area contributed by atoms with Gasteiger partial charge in [0.2, 0.25) is 5.95 Å². The minimum atomic E-state index is 0.682. The summed E-state index contributed by atoms with van der Waals surface area (Å²) < 4.78 is 1.94. The fourth-order valence-corrected chi connectivity index (χ4v) is 2.87. The van der Waals surface area contributed by atoms with E-state index in [-0.39, 0.29) is 0 Å². The standard InChI is InChI=1S/C14H18N6S/c1-2-15-14-18-12(11-5-10-21-13(11)19-14)16-6-3-8-20-9-4-7-17-20/h4-5,7,9-10H,2-3,6,8H2,1H3,(H2,15,16,18,19). The molecule has 3 rings (SSSR count). The van der Waals surface area contributed by atoms with Crippen molar-refractivity contribution >= 4 is 33.3 Å². The van der Waals surface area contributed by atoms with Crippen LogP contribution in [-0.4, -0.2) is 32.8 Å². The number of aryl methyl sites for hydroxylation is 1. The summed E-state index contributed by atoms with van der Waals surface area (Å²) in [5.74, 6) is 1.58. The molecular weight excluding hydrogens is 284 g/mol. The maximum absolute atomic E-state index is 4.55. The Hall–Kier alpha value is -2.15. The third kappa shape index (κ3) is 3.30. The van der Waals surface area contributed by atoms with Gasteiger partial charge in [0.25, 0.3) is 0 Å². The van der Waals surface area contributed by atoms with E-state index >= 15 is 0 Å². The molecule has 0 aromatic carbocycles. The van der Waals surface area contributed by atoms with Gasteiger partial charge in [0, 0.05) is 32.0 Å². The molecule has 0 amide bonds. The molecule has 0 fully saturated rings. The highest BCUT2D eigenvalue weighted by Gasteiger charge is 2.08. The Balaban J connectivity index is 1.66. The van der Waals surface area contributed by atoms with Crippen molar-refractivity contribution in [3.63, 3.8) is 0 Å². The van der Waals surface area contributed by atoms with Gasteiger partial charge in [-0.15, -0.1) is 11.3 Å². The summed E-state index contributed by atoms with van der Waals surface area (Å²) in [5, 5.41) is 13.9. The Morgan fingerprint density at radius 3 is 3.05 bits per heavy atom. The van der Waals surface area contributed by atoms with E-state index in [1.165, 1.54) is 0 Å². The third-order valence-corrected chi connectivity index (χ3v) is 3.88. The Morgan fingerprint density at radius 2 is 2.24 bits per heavy atom. The van der Waals surface area contributed by atoms with Gasteiger partial charge in [0.15, 0.2) is 0 Å². The molecule has 21 heavy (non-hydrogen) atoms. The van der Waals surface area contributed by atoms with Gasteiger partial charge in [0.1, 0.15) is 10.6 Å². The average molecular weight is 302 g/mol. The number of hydrogen-bond acceptors (Lipinski definition) is 6. The average Bonchev–Trinajstić information content (AvgIpc) is 3.14. The van der Waals surface area contributed by atoms with Crippen molar-refractivity contribution in [3.05, 3.63) is 29.9 Å². The predicted octanol–water partition coefficient (Wildman–Crippen LogP) is 2.82. The SMILES string of the molecule is CCNc1nc(NCCCn2cccn2)c2ccsc2n1. The summed E-state index contributed by atoms with van der Waals surface area (Å²) in [7, 11) is 0. The molecule has 0 aliphatic heterocycles. The normalized spacial score (nSPS) is 10.9. The number of fused-ring (bicyclic) bond motifs is 1. The number of thiophene rings is 1. The highest BCUT2D eigenvalue weighted by Crippen LogP contribution is 2.26. The predicted molar refractivity (Wildman–Crippen MR) is 86.9 cm³/mol. The molecule has 0 atom stereocenters. The molecule has 6 nitrogen and oxygen atoms in total. The highest BCUT2D eigenvalue weighted by atomic mass is 32.1. The van der Waals surface area contributed by atoms with E-state index in [1.807, 2.05) is 29.2 Å². The molecule has 3 aromatic heterocycles. The lowest BCUT2D eigenvalue weighted by atomic mass is 10.3. The van der Waals surface area contributed by atoms with Gasteiger partial charge < -0.3 is 10.6 Å². The second-order valence-electron chi connectivity index (χ2n) is 4.62. The van der Waals surface area contributed by atoms with Crippen molar-refractivity contribution in [3.8, 4) is 0 Å². The number of anilines is 2. The first-order valence-electron chi connectivity index (χ1n) is 7.07. The van der Waals surface area contributed by atoms with Crippen LogP contribution in [0.25, 0.3) is 10.2 Å². The Bertz CT molecular complexity index is 691. The second-order valence-corrected chi connectivity index (χ2v) is 5.51. The summed E-state index contributed by atoms with van der Waals surface area (Å²) in [6, 6.07) is 4.00. The van der Waals surface area contributed by atoms with Gasteiger partial charge in [-0.25, -0.2) is 4.98 Å². The molecule has 0 aliphatic rings. The topological polar surface area (TPSA) is 67.7 Å². The Morgan fingerprint density at radius 1 is 1.29 bits per heavy atom. The number of aromatic nitrogens is 4. The van der Waals surface area contributed by atoms with Crippen LogP contribution in [0, 0.1) is 0 Å². The smallest absolute Gasteiger partial charge is 0.226 e. The molecule has 0 spiro atoms. The van der Waals surface area contributed by atoms with Crippen molar-refractivity contribution < 1.29 is 0 Å². The number of hydrogen-bond donors (Lipinski definition) is 2. The van der Waals surface area contributed by atoms with E-state index in [0.717, 1.165) is 42.1 Å². The van der Waals surface area contributed by atoms with Crippen molar-refractivity contribution in [2.75, 3.05) is 23.7 Å². The summed E-state index contributed by atoms with van der Waals surface area (Å²) in [6.45, 7) is 4.61. The van der Waals surface area contributed by atoms with Crippen molar-refractivity contribution in [1.82, 2.24) is 19.7 Å². The Kier molecular flexibility index (Phi) is 4.30. The molecule has 2 N–H and O–H groups in total. The van der Waals surface area contributed by atoms with Gasteiger partial charge in [-0.05, 0) is 30.9 Å². The van der Waals surface area contributed by atoms with Crippen LogP contribution in [0.1, 0.15) is 13.3 Å². The van der Waals surface area contributed by atoms with Crippen molar-refractivity contribution in [2.24, 2.45) is 0 Å². The molecule has 0 aliphatic carbocycles. The lowest BCUT2D eigenvalue weighted by Gasteiger charge is -2.09. The number of rotatable bonds is 7. The van der Waals surface area contributed by atoms with Crippen LogP contribution >= 0.6 is 11.3 Å². The largest absolute Gasteiger partial charge is 0.369 e. The van der Waals surface area contributed by atoms with E-state index in [9.17, 15) is 0 Å². The van der Waals surface area contributed by atoms with Crippen LogP contribution in [0.4, 0.5) is 11.8 Å². The second kappa shape index (κ2) is 6.53. The molecule has 7 heteroatoms. The van der Waals surface area contributed by atoms with E-state index in [0.29, 0.717) is 5.95 Å². The summed E-state index contributed by atoms with van der Waals surface area (Å²) in [6.07, 6.45) is 4.77. The molecule has 0 unspecified atom stereocenters. The van der Waals surface area contributed by atoms with Crippen LogP contribution < -0.4 is 10.6 Å². The maximum Gasteiger partial charge on any atom is 0.226 e. The summed E-state index contributed by atoms with van der Waals surface area (Å²) in [4.78, 5) is 10.1. The van der Waals surface area contributed by atoms with Gasteiger partial charge in [-0.1, -0.05) is 0 Å². The van der Waals surface area contributed by atoms with Gasteiger partial charge in [-0.3, -0.25) is 4.68 Å². The Labute approximate surface area is 127 Å². The maximum atomic E-state index is 4.55. The first kappa shape index (κ1) is 13.8. The molecule has 0 bridgehead atoms. The molecule has 0 saturated heterocycles. The van der Waals surface area contributed by atoms with E-state index in [4.69, 9.17) is 0 Å². The van der Waals surface area contributed by atoms with Crippen LogP contribution in [-0.2, 0) is 6.54 Å². The van der Waals surface area contributed by atoms with E-state index < -0.39 is 0 Å². The van der Waals surface area contributed by atoms with E-state index in [2.05, 4.69) is 31.8 Å². The first-order valence-corrected chi connectivity index (χ1v) is 7.95. The summed E-state index contributed by atoms with van der Waals surface area (Å²) >= 11 is 1.63. The quantitative estimate of drug-likeness (QED) is 0.657. The summed E-state index contributed by atoms with van der Waals surface area (Å²) in [5.41, 5.74) is 0. The van der Waals surface area contributed by atoms with Crippen molar-refractivity contribution in [2.45, 2.75) is 19.9 Å². The molecule has 3 heterocycles. The zero-order valence-electron chi connectivity index (χ0n) is 11.9. The van der Waals surface area contributed by atoms with Gasteiger partial charge in [0.05, 0.1) is 5.39 Å². The molecular formula is C14H18N6S. The van der Waals surface area contributed by atoms with Crippen LogP contribution in [0.2, 0.25) is 0 Å². The lowest BCUT2D eigenvalue weighted by Crippen LogP contribution is -2.10. The zero-order chi connectivity index (χ0) is 14.5. The minimum absolute atomic E-state index is 0.682. The van der Waals surface area contributed by atoms with Crippen molar-refractivity contribution in [1.29, 1.82) is 0 Å². The molecule has 0 saturated carbocycles. The molecule has 0 radical (unpaired) electrons. The van der Waals surface area contributed by atoms with Crippen LogP contribution in [0.3, 0.4) is 0 Å². The number of nitrogens with one attached hydrogen (secondary N) is 2. The highest BCUT2D eigenvalue weighted by molar-refractivity contribution is 7.16. The monoisotopic (exact) mass is 302 g/mol. The third-order valence-electron chi connectivity index (χ3n) is 3.08. The van der Waals surface area contributed by atoms with Gasteiger partial charge in [-0.2, -0.15) is 10.1 Å². The first-order chi connectivity index (χ1) is 10.4.